The van der Waals surface area contributed by atoms with Crippen molar-refractivity contribution in [2.24, 2.45) is 5.92 Å². The highest BCUT2D eigenvalue weighted by Gasteiger charge is 2.07. The standard InChI is InChI=1S/C24H42N2O5/c1-5-21(4)19-31-23-9-6-8-22(18-23)24(27)26-11-13-29-15-17-30-16-14-28-12-7-10-25-20(2)3/h6,8-9,18,20-21,25H,5,7,10-17,19H2,1-4H3,(H,26,27). The Morgan fingerprint density at radius 1 is 0.935 bits per heavy atom. The van der Waals surface area contributed by atoms with Crippen molar-refractivity contribution in [2.45, 2.75) is 46.6 Å². The SMILES string of the molecule is CCC(C)COc1cccc(C(=O)NCCOCCOCCOCCCNC(C)C)c1. The summed E-state index contributed by atoms with van der Waals surface area (Å²) in [6.45, 7) is 14.0. The van der Waals surface area contributed by atoms with Gasteiger partial charge in [0.15, 0.2) is 0 Å². The smallest absolute Gasteiger partial charge is 0.251 e. The summed E-state index contributed by atoms with van der Waals surface area (Å²) in [5.74, 6) is 1.08. The van der Waals surface area contributed by atoms with Crippen LogP contribution in [0.4, 0.5) is 0 Å². The zero-order valence-electron chi connectivity index (χ0n) is 19.8. The fourth-order valence-corrected chi connectivity index (χ4v) is 2.53. The van der Waals surface area contributed by atoms with Crippen LogP contribution in [0.3, 0.4) is 0 Å². The lowest BCUT2D eigenvalue weighted by Crippen LogP contribution is -2.27. The van der Waals surface area contributed by atoms with Gasteiger partial charge < -0.3 is 29.6 Å². The molecule has 0 aliphatic rings. The van der Waals surface area contributed by atoms with Crippen molar-refractivity contribution in [1.29, 1.82) is 0 Å². The lowest BCUT2D eigenvalue weighted by Gasteiger charge is -2.12. The molecule has 0 radical (unpaired) electrons. The summed E-state index contributed by atoms with van der Waals surface area (Å²) < 4.78 is 22.2. The van der Waals surface area contributed by atoms with Gasteiger partial charge in [-0.1, -0.05) is 40.2 Å². The van der Waals surface area contributed by atoms with Gasteiger partial charge in [-0.25, -0.2) is 0 Å². The molecule has 31 heavy (non-hydrogen) atoms. The van der Waals surface area contributed by atoms with Crippen molar-refractivity contribution in [3.8, 4) is 5.75 Å². The van der Waals surface area contributed by atoms with Gasteiger partial charge in [0.25, 0.3) is 5.91 Å². The van der Waals surface area contributed by atoms with Crippen LogP contribution in [-0.4, -0.2) is 71.3 Å². The third-order valence-corrected chi connectivity index (χ3v) is 4.62. The molecule has 1 rings (SSSR count). The van der Waals surface area contributed by atoms with Gasteiger partial charge in [-0.3, -0.25) is 4.79 Å². The van der Waals surface area contributed by atoms with Crippen LogP contribution in [0.25, 0.3) is 0 Å². The van der Waals surface area contributed by atoms with Crippen LogP contribution in [0.1, 0.15) is 50.9 Å². The lowest BCUT2D eigenvalue weighted by molar-refractivity contribution is 0.0147. The van der Waals surface area contributed by atoms with E-state index in [4.69, 9.17) is 18.9 Å². The second-order valence-corrected chi connectivity index (χ2v) is 7.91. The van der Waals surface area contributed by atoms with Gasteiger partial charge in [-0.05, 0) is 37.1 Å². The molecule has 7 heteroatoms. The molecule has 0 heterocycles. The van der Waals surface area contributed by atoms with Crippen LogP contribution in [0.5, 0.6) is 5.75 Å². The molecule has 0 aliphatic heterocycles. The minimum absolute atomic E-state index is 0.130. The van der Waals surface area contributed by atoms with Crippen LogP contribution < -0.4 is 15.4 Å². The molecule has 1 amide bonds. The number of rotatable bonds is 19. The lowest BCUT2D eigenvalue weighted by atomic mass is 10.1. The molecule has 1 unspecified atom stereocenters. The fraction of sp³-hybridized carbons (Fsp3) is 0.708. The Hall–Kier alpha value is -1.67. The van der Waals surface area contributed by atoms with E-state index in [0.717, 1.165) is 31.7 Å². The Morgan fingerprint density at radius 2 is 1.61 bits per heavy atom. The molecule has 0 aliphatic carbocycles. The van der Waals surface area contributed by atoms with Crippen molar-refractivity contribution in [1.82, 2.24) is 10.6 Å². The average Bonchev–Trinajstić information content (AvgIpc) is 2.77. The minimum atomic E-state index is -0.130. The maximum atomic E-state index is 12.3. The van der Waals surface area contributed by atoms with Gasteiger partial charge in [0.2, 0.25) is 0 Å². The molecule has 1 atom stereocenters. The van der Waals surface area contributed by atoms with Crippen molar-refractivity contribution in [2.75, 3.05) is 59.3 Å². The van der Waals surface area contributed by atoms with E-state index >= 15 is 0 Å². The molecule has 178 valence electrons. The van der Waals surface area contributed by atoms with Crippen molar-refractivity contribution in [3.05, 3.63) is 29.8 Å². The average molecular weight is 439 g/mol. The number of hydrogen-bond donors (Lipinski definition) is 2. The van der Waals surface area contributed by atoms with Crippen LogP contribution in [0.2, 0.25) is 0 Å². The fourth-order valence-electron chi connectivity index (χ4n) is 2.53. The second-order valence-electron chi connectivity index (χ2n) is 7.91. The molecule has 0 aromatic heterocycles. The van der Waals surface area contributed by atoms with E-state index in [2.05, 4.69) is 38.3 Å². The summed E-state index contributed by atoms with van der Waals surface area (Å²) in [6, 6.07) is 7.78. The summed E-state index contributed by atoms with van der Waals surface area (Å²) in [5, 5.41) is 6.21. The first-order chi connectivity index (χ1) is 15.0. The molecule has 1 aromatic rings. The van der Waals surface area contributed by atoms with E-state index in [-0.39, 0.29) is 5.91 Å². The second kappa shape index (κ2) is 18.0. The Morgan fingerprint density at radius 3 is 2.29 bits per heavy atom. The first-order valence-corrected chi connectivity index (χ1v) is 11.5. The molecular formula is C24H42N2O5. The molecule has 7 nitrogen and oxygen atoms in total. The zero-order chi connectivity index (χ0) is 22.7. The highest BCUT2D eigenvalue weighted by molar-refractivity contribution is 5.94. The Balaban J connectivity index is 1.99. The van der Waals surface area contributed by atoms with Gasteiger partial charge in [-0.2, -0.15) is 0 Å². The van der Waals surface area contributed by atoms with E-state index in [1.54, 1.807) is 12.1 Å². The number of amides is 1. The van der Waals surface area contributed by atoms with Gasteiger partial charge >= 0.3 is 0 Å². The summed E-state index contributed by atoms with van der Waals surface area (Å²) in [6.07, 6.45) is 2.07. The van der Waals surface area contributed by atoms with E-state index < -0.39 is 0 Å². The maximum absolute atomic E-state index is 12.3. The van der Waals surface area contributed by atoms with Gasteiger partial charge in [0.05, 0.1) is 39.6 Å². The summed E-state index contributed by atoms with van der Waals surface area (Å²) in [5.41, 5.74) is 0.588. The summed E-state index contributed by atoms with van der Waals surface area (Å²) in [4.78, 5) is 12.3. The first kappa shape index (κ1) is 27.4. The molecule has 0 saturated heterocycles. The monoisotopic (exact) mass is 438 g/mol. The molecule has 0 saturated carbocycles. The number of ether oxygens (including phenoxy) is 4. The van der Waals surface area contributed by atoms with E-state index in [1.165, 1.54) is 0 Å². The molecule has 0 spiro atoms. The number of hydrogen-bond acceptors (Lipinski definition) is 6. The summed E-state index contributed by atoms with van der Waals surface area (Å²) in [7, 11) is 0. The predicted octanol–water partition coefficient (Wildman–Crippen LogP) is 3.28. The van der Waals surface area contributed by atoms with Crippen molar-refractivity contribution in [3.63, 3.8) is 0 Å². The molecule has 0 bridgehead atoms. The Kier molecular flexibility index (Phi) is 15.8. The third-order valence-electron chi connectivity index (χ3n) is 4.62. The maximum Gasteiger partial charge on any atom is 0.251 e. The largest absolute Gasteiger partial charge is 0.493 e. The van der Waals surface area contributed by atoms with Crippen LogP contribution >= 0.6 is 0 Å². The number of nitrogens with one attached hydrogen (secondary N) is 2. The molecular weight excluding hydrogens is 396 g/mol. The van der Waals surface area contributed by atoms with E-state index in [0.29, 0.717) is 63.7 Å². The third kappa shape index (κ3) is 14.9. The minimum Gasteiger partial charge on any atom is -0.493 e. The molecule has 0 fully saturated rings. The normalized spacial score (nSPS) is 12.2. The van der Waals surface area contributed by atoms with Crippen LogP contribution in [-0.2, 0) is 14.2 Å². The van der Waals surface area contributed by atoms with Crippen LogP contribution in [0.15, 0.2) is 24.3 Å². The van der Waals surface area contributed by atoms with Crippen LogP contribution in [0, 0.1) is 5.92 Å². The highest BCUT2D eigenvalue weighted by atomic mass is 16.5. The highest BCUT2D eigenvalue weighted by Crippen LogP contribution is 2.15. The first-order valence-electron chi connectivity index (χ1n) is 11.5. The summed E-state index contributed by atoms with van der Waals surface area (Å²) >= 11 is 0. The topological polar surface area (TPSA) is 78.1 Å². The van der Waals surface area contributed by atoms with Crippen molar-refractivity contribution >= 4 is 5.91 Å². The van der Waals surface area contributed by atoms with E-state index in [9.17, 15) is 4.79 Å². The Labute approximate surface area is 188 Å². The zero-order valence-corrected chi connectivity index (χ0v) is 19.8. The molecule has 1 aromatic carbocycles. The number of carbonyl (C=O) groups excluding carboxylic acids is 1. The predicted molar refractivity (Wildman–Crippen MR) is 124 cm³/mol. The van der Waals surface area contributed by atoms with Crippen molar-refractivity contribution < 1.29 is 23.7 Å². The van der Waals surface area contributed by atoms with Gasteiger partial charge in [0, 0.05) is 24.8 Å². The number of carbonyl (C=O) groups is 1. The number of benzene rings is 1. The Bertz CT molecular complexity index is 583. The molecule has 2 N–H and O–H groups in total. The van der Waals surface area contributed by atoms with Gasteiger partial charge in [0.1, 0.15) is 5.75 Å². The van der Waals surface area contributed by atoms with E-state index in [1.807, 2.05) is 12.1 Å². The van der Waals surface area contributed by atoms with Gasteiger partial charge in [-0.15, -0.1) is 0 Å². The quantitative estimate of drug-likeness (QED) is 0.323.